The van der Waals surface area contributed by atoms with E-state index in [9.17, 15) is 0 Å². The Morgan fingerprint density at radius 1 is 1.05 bits per heavy atom. The Bertz CT molecular complexity index is 341. The fraction of sp³-hybridized carbons (Fsp3) is 0.684. The van der Waals surface area contributed by atoms with E-state index in [-0.39, 0.29) is 0 Å². The number of hydrogen-bond donors (Lipinski definition) is 1. The first-order valence-corrected chi connectivity index (χ1v) is 8.41. The Labute approximate surface area is 126 Å². The number of nitrogens with one attached hydrogen (secondary N) is 1. The van der Waals surface area contributed by atoms with Gasteiger partial charge in [0.05, 0.1) is 0 Å². The topological polar surface area (TPSA) is 12.0 Å². The van der Waals surface area contributed by atoms with Crippen molar-refractivity contribution in [2.75, 3.05) is 13.1 Å². The lowest BCUT2D eigenvalue weighted by molar-refractivity contribution is 0.354. The Morgan fingerprint density at radius 2 is 1.75 bits per heavy atom. The van der Waals surface area contributed by atoms with Crippen molar-refractivity contribution >= 4 is 0 Å². The molecule has 0 saturated heterocycles. The van der Waals surface area contributed by atoms with Crippen molar-refractivity contribution in [1.82, 2.24) is 5.32 Å². The lowest BCUT2D eigenvalue weighted by Gasteiger charge is -2.21. The molecule has 0 aliphatic rings. The molecule has 1 rings (SSSR count). The monoisotopic (exact) mass is 275 g/mol. The smallest absolute Gasteiger partial charge is 0.00172 e. The van der Waals surface area contributed by atoms with Gasteiger partial charge >= 0.3 is 0 Å². The highest BCUT2D eigenvalue weighted by Gasteiger charge is 2.13. The van der Waals surface area contributed by atoms with Crippen LogP contribution in [0.4, 0.5) is 0 Å². The van der Waals surface area contributed by atoms with Gasteiger partial charge in [-0.15, -0.1) is 0 Å². The predicted molar refractivity (Wildman–Crippen MR) is 90.2 cm³/mol. The second-order valence-electron chi connectivity index (χ2n) is 6.39. The highest BCUT2D eigenvalue weighted by atomic mass is 14.8. The Kier molecular flexibility index (Phi) is 8.60. The quantitative estimate of drug-likeness (QED) is 0.594. The van der Waals surface area contributed by atoms with Crippen molar-refractivity contribution in [3.8, 4) is 0 Å². The summed E-state index contributed by atoms with van der Waals surface area (Å²) in [6.07, 6.45) is 6.45. The van der Waals surface area contributed by atoms with Crippen LogP contribution in [0, 0.1) is 18.8 Å². The van der Waals surface area contributed by atoms with Crippen LogP contribution in [-0.4, -0.2) is 13.1 Å². The molecule has 0 fully saturated rings. The van der Waals surface area contributed by atoms with Gasteiger partial charge in [-0.3, -0.25) is 0 Å². The molecule has 0 aliphatic heterocycles. The molecule has 0 spiro atoms. The zero-order valence-corrected chi connectivity index (χ0v) is 13.9. The molecule has 2 atom stereocenters. The molecule has 0 amide bonds. The van der Waals surface area contributed by atoms with E-state index in [1.807, 2.05) is 0 Å². The summed E-state index contributed by atoms with van der Waals surface area (Å²) in [5.41, 5.74) is 2.84. The Hall–Kier alpha value is -0.820. The molecular weight excluding hydrogens is 242 g/mol. The van der Waals surface area contributed by atoms with Crippen molar-refractivity contribution in [3.63, 3.8) is 0 Å². The lowest BCUT2D eigenvalue weighted by Crippen LogP contribution is -2.26. The first-order chi connectivity index (χ1) is 9.65. The first kappa shape index (κ1) is 17.2. The molecule has 1 aromatic rings. The van der Waals surface area contributed by atoms with E-state index in [0.717, 1.165) is 24.9 Å². The maximum absolute atomic E-state index is 3.61. The first-order valence-electron chi connectivity index (χ1n) is 8.41. The number of rotatable bonds is 10. The molecule has 1 N–H and O–H groups in total. The summed E-state index contributed by atoms with van der Waals surface area (Å²) >= 11 is 0. The van der Waals surface area contributed by atoms with Crippen molar-refractivity contribution in [1.29, 1.82) is 0 Å². The summed E-state index contributed by atoms with van der Waals surface area (Å²) in [7, 11) is 0. The fourth-order valence-corrected chi connectivity index (χ4v) is 2.96. The molecule has 114 valence electrons. The van der Waals surface area contributed by atoms with Crippen LogP contribution in [-0.2, 0) is 6.42 Å². The van der Waals surface area contributed by atoms with Crippen LogP contribution >= 0.6 is 0 Å². The summed E-state index contributed by atoms with van der Waals surface area (Å²) in [4.78, 5) is 0. The van der Waals surface area contributed by atoms with Crippen LogP contribution in [0.5, 0.6) is 0 Å². The van der Waals surface area contributed by atoms with E-state index in [2.05, 4.69) is 57.3 Å². The SMILES string of the molecule is CCCNCC(Cc1ccc(C)cc1)CC(C)CCC. The number of aryl methyl sites for hydroxylation is 1. The molecule has 0 radical (unpaired) electrons. The molecule has 20 heavy (non-hydrogen) atoms. The lowest BCUT2D eigenvalue weighted by atomic mass is 9.88. The maximum Gasteiger partial charge on any atom is -0.00172 e. The van der Waals surface area contributed by atoms with Gasteiger partial charge in [0, 0.05) is 0 Å². The molecule has 0 aliphatic carbocycles. The van der Waals surface area contributed by atoms with Gasteiger partial charge in [0.25, 0.3) is 0 Å². The molecule has 0 saturated carbocycles. The van der Waals surface area contributed by atoms with Crippen LogP contribution < -0.4 is 5.32 Å². The summed E-state index contributed by atoms with van der Waals surface area (Å²) in [6.45, 7) is 11.4. The van der Waals surface area contributed by atoms with Crippen molar-refractivity contribution in [2.24, 2.45) is 11.8 Å². The van der Waals surface area contributed by atoms with E-state index in [1.165, 1.54) is 43.2 Å². The zero-order valence-electron chi connectivity index (χ0n) is 13.9. The Balaban J connectivity index is 2.53. The summed E-state index contributed by atoms with van der Waals surface area (Å²) in [5, 5.41) is 3.61. The maximum atomic E-state index is 3.61. The molecule has 2 unspecified atom stereocenters. The molecule has 0 heterocycles. The van der Waals surface area contributed by atoms with E-state index in [4.69, 9.17) is 0 Å². The van der Waals surface area contributed by atoms with Crippen LogP contribution in [0.3, 0.4) is 0 Å². The summed E-state index contributed by atoms with van der Waals surface area (Å²) < 4.78 is 0. The van der Waals surface area contributed by atoms with Gasteiger partial charge in [-0.25, -0.2) is 0 Å². The molecular formula is C19H33N. The number of hydrogen-bond acceptors (Lipinski definition) is 1. The molecule has 1 heteroatoms. The average Bonchev–Trinajstić information content (AvgIpc) is 2.42. The van der Waals surface area contributed by atoms with E-state index >= 15 is 0 Å². The summed E-state index contributed by atoms with van der Waals surface area (Å²) in [6, 6.07) is 9.07. The third kappa shape index (κ3) is 7.09. The van der Waals surface area contributed by atoms with E-state index < -0.39 is 0 Å². The van der Waals surface area contributed by atoms with E-state index in [0.29, 0.717) is 0 Å². The van der Waals surface area contributed by atoms with E-state index in [1.54, 1.807) is 0 Å². The van der Waals surface area contributed by atoms with Crippen LogP contribution in [0.1, 0.15) is 57.6 Å². The third-order valence-electron chi connectivity index (χ3n) is 4.02. The third-order valence-corrected chi connectivity index (χ3v) is 4.02. The fourth-order valence-electron chi connectivity index (χ4n) is 2.96. The van der Waals surface area contributed by atoms with Crippen LogP contribution in [0.25, 0.3) is 0 Å². The Morgan fingerprint density at radius 3 is 2.35 bits per heavy atom. The normalized spacial score (nSPS) is 14.2. The number of benzene rings is 1. The van der Waals surface area contributed by atoms with Gasteiger partial charge in [-0.05, 0) is 56.7 Å². The minimum Gasteiger partial charge on any atom is -0.316 e. The van der Waals surface area contributed by atoms with Crippen LogP contribution in [0.2, 0.25) is 0 Å². The standard InChI is InChI=1S/C19H33N/c1-5-7-17(4)13-19(15-20-12-6-2)14-18-10-8-16(3)9-11-18/h8-11,17,19-20H,5-7,12-15H2,1-4H3. The molecule has 0 bridgehead atoms. The van der Waals surface area contributed by atoms with Crippen molar-refractivity contribution in [3.05, 3.63) is 35.4 Å². The van der Waals surface area contributed by atoms with Gasteiger partial charge in [0.2, 0.25) is 0 Å². The van der Waals surface area contributed by atoms with Gasteiger partial charge in [-0.2, -0.15) is 0 Å². The second-order valence-corrected chi connectivity index (χ2v) is 6.39. The van der Waals surface area contributed by atoms with Gasteiger partial charge in [0.1, 0.15) is 0 Å². The van der Waals surface area contributed by atoms with Crippen molar-refractivity contribution in [2.45, 2.75) is 59.8 Å². The highest BCUT2D eigenvalue weighted by molar-refractivity contribution is 5.21. The largest absolute Gasteiger partial charge is 0.316 e. The molecule has 1 nitrogen and oxygen atoms in total. The zero-order chi connectivity index (χ0) is 14.8. The average molecular weight is 275 g/mol. The van der Waals surface area contributed by atoms with Gasteiger partial charge < -0.3 is 5.32 Å². The van der Waals surface area contributed by atoms with Crippen molar-refractivity contribution < 1.29 is 0 Å². The van der Waals surface area contributed by atoms with Gasteiger partial charge in [-0.1, -0.05) is 63.4 Å². The molecule has 1 aromatic carbocycles. The van der Waals surface area contributed by atoms with Gasteiger partial charge in [0.15, 0.2) is 0 Å². The molecule has 0 aromatic heterocycles. The summed E-state index contributed by atoms with van der Waals surface area (Å²) in [5.74, 6) is 1.62. The van der Waals surface area contributed by atoms with Crippen LogP contribution in [0.15, 0.2) is 24.3 Å². The predicted octanol–water partition coefficient (Wildman–Crippen LogP) is 4.98. The minimum atomic E-state index is 0.769. The highest BCUT2D eigenvalue weighted by Crippen LogP contribution is 2.20. The second kappa shape index (κ2) is 9.99. The minimum absolute atomic E-state index is 0.769.